The molecule has 1 aliphatic heterocycles. The van der Waals surface area contributed by atoms with E-state index in [0.29, 0.717) is 42.4 Å². The highest BCUT2D eigenvalue weighted by atomic mass is 35.5. The molecule has 1 saturated heterocycles. The van der Waals surface area contributed by atoms with E-state index >= 15 is 0 Å². The lowest BCUT2D eigenvalue weighted by Crippen LogP contribution is -2.31. The first kappa shape index (κ1) is 21.8. The molecule has 0 atom stereocenters. The van der Waals surface area contributed by atoms with E-state index in [1.54, 1.807) is 34.6 Å². The van der Waals surface area contributed by atoms with Crippen LogP contribution in [0.2, 0.25) is 5.02 Å². The third-order valence-corrected chi connectivity index (χ3v) is 7.29. The van der Waals surface area contributed by atoms with Crippen LogP contribution in [0.15, 0.2) is 53.4 Å². The van der Waals surface area contributed by atoms with Crippen LogP contribution in [0.25, 0.3) is 0 Å². The van der Waals surface area contributed by atoms with Crippen LogP contribution in [0.3, 0.4) is 0 Å². The van der Waals surface area contributed by atoms with Crippen LogP contribution >= 0.6 is 11.6 Å². The van der Waals surface area contributed by atoms with Gasteiger partial charge in [-0.2, -0.15) is 4.31 Å². The first-order valence-corrected chi connectivity index (χ1v) is 11.9. The summed E-state index contributed by atoms with van der Waals surface area (Å²) in [6, 6.07) is 14.3. The third kappa shape index (κ3) is 6.29. The molecule has 2 aromatic carbocycles. The molecule has 156 valence electrons. The lowest BCUT2D eigenvalue weighted by atomic mass is 10.1. The zero-order valence-electron chi connectivity index (χ0n) is 16.4. The highest BCUT2D eigenvalue weighted by molar-refractivity contribution is 7.89. The van der Waals surface area contributed by atoms with Gasteiger partial charge in [-0.05, 0) is 54.7 Å². The van der Waals surface area contributed by atoms with Crippen LogP contribution in [0.5, 0.6) is 0 Å². The van der Waals surface area contributed by atoms with Crippen molar-refractivity contribution in [3.8, 4) is 0 Å². The number of carbonyl (C=O) groups is 1. The van der Waals surface area contributed by atoms with Crippen LogP contribution in [0.4, 0.5) is 0 Å². The van der Waals surface area contributed by atoms with E-state index in [2.05, 4.69) is 5.32 Å². The number of hydrogen-bond acceptors (Lipinski definition) is 3. The van der Waals surface area contributed by atoms with Crippen LogP contribution in [-0.2, 0) is 27.8 Å². The largest absolute Gasteiger partial charge is 0.352 e. The summed E-state index contributed by atoms with van der Waals surface area (Å²) in [7, 11) is -3.43. The zero-order valence-corrected chi connectivity index (χ0v) is 18.0. The Balaban J connectivity index is 1.51. The highest BCUT2D eigenvalue weighted by Crippen LogP contribution is 2.21. The topological polar surface area (TPSA) is 66.5 Å². The van der Waals surface area contributed by atoms with Gasteiger partial charge >= 0.3 is 0 Å². The summed E-state index contributed by atoms with van der Waals surface area (Å²) in [5.41, 5.74) is 1.90. The minimum absolute atomic E-state index is 0.0498. The Bertz CT molecular complexity index is 921. The Hall–Kier alpha value is -1.89. The molecule has 0 spiro atoms. The first-order chi connectivity index (χ1) is 13.9. The van der Waals surface area contributed by atoms with Gasteiger partial charge in [0.25, 0.3) is 0 Å². The molecule has 0 aliphatic carbocycles. The summed E-state index contributed by atoms with van der Waals surface area (Å²) < 4.78 is 27.2. The summed E-state index contributed by atoms with van der Waals surface area (Å²) in [5, 5.41) is 3.53. The number of rotatable bonds is 7. The quantitative estimate of drug-likeness (QED) is 0.711. The summed E-state index contributed by atoms with van der Waals surface area (Å²) >= 11 is 5.95. The normalized spacial score (nSPS) is 15.6. The summed E-state index contributed by atoms with van der Waals surface area (Å²) in [6.45, 7) is 1.63. The van der Waals surface area contributed by atoms with Crippen molar-refractivity contribution in [1.82, 2.24) is 9.62 Å². The van der Waals surface area contributed by atoms with E-state index in [0.717, 1.165) is 36.8 Å². The van der Waals surface area contributed by atoms with Crippen LogP contribution in [0.1, 0.15) is 43.2 Å². The minimum Gasteiger partial charge on any atom is -0.352 e. The van der Waals surface area contributed by atoms with Crippen LogP contribution < -0.4 is 5.32 Å². The molecule has 2 aromatic rings. The predicted molar refractivity (Wildman–Crippen MR) is 115 cm³/mol. The molecular formula is C22H27ClN2O3S. The molecule has 0 unspecified atom stereocenters. The molecule has 1 heterocycles. The predicted octanol–water partition coefficient (Wildman–Crippen LogP) is 4.15. The number of carbonyl (C=O) groups excluding carboxylic acids is 1. The van der Waals surface area contributed by atoms with E-state index < -0.39 is 10.0 Å². The van der Waals surface area contributed by atoms with Crippen LogP contribution in [0, 0.1) is 0 Å². The van der Waals surface area contributed by atoms with Gasteiger partial charge in [0.2, 0.25) is 15.9 Å². The van der Waals surface area contributed by atoms with Gasteiger partial charge in [-0.15, -0.1) is 0 Å². The lowest BCUT2D eigenvalue weighted by molar-refractivity contribution is -0.121. The SMILES string of the molecule is O=C(CCc1ccc(S(=O)(=O)N2CCCCCC2)cc1)NCc1cccc(Cl)c1. The van der Waals surface area contributed by atoms with Gasteiger partial charge in [0.15, 0.2) is 0 Å². The molecule has 29 heavy (non-hydrogen) atoms. The molecule has 3 rings (SSSR count). The molecule has 5 nitrogen and oxygen atoms in total. The standard InChI is InChI=1S/C22H27ClN2O3S/c23-20-7-5-6-19(16-20)17-24-22(26)13-10-18-8-11-21(12-9-18)29(27,28)25-14-3-1-2-4-15-25/h5-9,11-12,16H,1-4,10,13-15,17H2,(H,24,26). The molecule has 0 radical (unpaired) electrons. The number of amides is 1. The molecule has 0 bridgehead atoms. The molecule has 1 aliphatic rings. The maximum absolute atomic E-state index is 12.8. The molecule has 0 aromatic heterocycles. The maximum Gasteiger partial charge on any atom is 0.243 e. The van der Waals surface area contributed by atoms with Gasteiger partial charge in [0.1, 0.15) is 0 Å². The van der Waals surface area contributed by atoms with Gasteiger partial charge in [0.05, 0.1) is 4.90 Å². The number of halogens is 1. The summed E-state index contributed by atoms with van der Waals surface area (Å²) in [6.07, 6.45) is 4.92. The second kappa shape index (κ2) is 10.2. The number of benzene rings is 2. The van der Waals surface area contributed by atoms with E-state index in [9.17, 15) is 13.2 Å². The Morgan fingerprint density at radius 2 is 1.66 bits per heavy atom. The average molecular weight is 435 g/mol. The van der Waals surface area contributed by atoms with E-state index in [-0.39, 0.29) is 5.91 Å². The molecular weight excluding hydrogens is 408 g/mol. The molecule has 1 N–H and O–H groups in total. The van der Waals surface area contributed by atoms with Crippen molar-refractivity contribution in [3.63, 3.8) is 0 Å². The van der Waals surface area contributed by atoms with E-state index in [1.807, 2.05) is 18.2 Å². The number of hydrogen-bond donors (Lipinski definition) is 1. The van der Waals surface area contributed by atoms with E-state index in [4.69, 9.17) is 11.6 Å². The van der Waals surface area contributed by atoms with Gasteiger partial charge in [-0.1, -0.05) is 48.7 Å². The van der Waals surface area contributed by atoms with Crippen molar-refractivity contribution in [2.75, 3.05) is 13.1 Å². The number of aryl methyl sites for hydroxylation is 1. The lowest BCUT2D eigenvalue weighted by Gasteiger charge is -2.20. The Kier molecular flexibility index (Phi) is 7.70. The average Bonchev–Trinajstić information content (AvgIpc) is 3.01. The minimum atomic E-state index is -3.43. The van der Waals surface area contributed by atoms with Crippen LogP contribution in [-0.4, -0.2) is 31.7 Å². The zero-order chi connectivity index (χ0) is 20.7. The molecule has 0 saturated carbocycles. The van der Waals surface area contributed by atoms with Crippen molar-refractivity contribution in [3.05, 3.63) is 64.7 Å². The number of nitrogens with zero attached hydrogens (tertiary/aromatic N) is 1. The van der Waals surface area contributed by atoms with Gasteiger partial charge in [0, 0.05) is 31.1 Å². The number of nitrogens with one attached hydrogen (secondary N) is 1. The fourth-order valence-corrected chi connectivity index (χ4v) is 5.18. The Morgan fingerprint density at radius 3 is 2.31 bits per heavy atom. The first-order valence-electron chi connectivity index (χ1n) is 10.1. The van der Waals surface area contributed by atoms with Crippen molar-refractivity contribution < 1.29 is 13.2 Å². The van der Waals surface area contributed by atoms with Crippen molar-refractivity contribution in [2.24, 2.45) is 0 Å². The summed E-state index contributed by atoms with van der Waals surface area (Å²) in [5.74, 6) is -0.0498. The third-order valence-electron chi connectivity index (χ3n) is 5.15. The van der Waals surface area contributed by atoms with Crippen molar-refractivity contribution in [1.29, 1.82) is 0 Å². The smallest absolute Gasteiger partial charge is 0.243 e. The monoisotopic (exact) mass is 434 g/mol. The maximum atomic E-state index is 12.8. The van der Waals surface area contributed by atoms with Gasteiger partial charge in [-0.25, -0.2) is 8.42 Å². The second-order valence-corrected chi connectivity index (χ2v) is 9.74. The van der Waals surface area contributed by atoms with E-state index in [1.165, 1.54) is 0 Å². The van der Waals surface area contributed by atoms with Gasteiger partial charge in [-0.3, -0.25) is 4.79 Å². The Morgan fingerprint density at radius 1 is 0.966 bits per heavy atom. The summed E-state index contributed by atoms with van der Waals surface area (Å²) in [4.78, 5) is 12.4. The fourth-order valence-electron chi connectivity index (χ4n) is 3.45. The van der Waals surface area contributed by atoms with Gasteiger partial charge < -0.3 is 5.32 Å². The molecule has 1 fully saturated rings. The Labute approximate surface area is 178 Å². The fraction of sp³-hybridized carbons (Fsp3) is 0.409. The molecule has 1 amide bonds. The molecule has 7 heteroatoms. The van der Waals surface area contributed by atoms with Crippen molar-refractivity contribution in [2.45, 2.75) is 50.0 Å². The van der Waals surface area contributed by atoms with Crippen molar-refractivity contribution >= 4 is 27.5 Å². The second-order valence-electron chi connectivity index (χ2n) is 7.37. The highest BCUT2D eigenvalue weighted by Gasteiger charge is 2.24. The number of sulfonamides is 1.